The molecule has 0 saturated heterocycles. The number of nitrogens with one attached hydrogen (secondary N) is 1. The number of methoxy groups -OCH3 is 2. The second kappa shape index (κ2) is 5.39. The van der Waals surface area contributed by atoms with Gasteiger partial charge in [-0.1, -0.05) is 0 Å². The van der Waals surface area contributed by atoms with Gasteiger partial charge in [-0.2, -0.15) is 0 Å². The van der Waals surface area contributed by atoms with Gasteiger partial charge in [-0.3, -0.25) is 0 Å². The first-order valence-electron chi connectivity index (χ1n) is 6.62. The largest absolute Gasteiger partial charge is 0.496 e. The van der Waals surface area contributed by atoms with Crippen LogP contribution < -0.4 is 14.8 Å². The van der Waals surface area contributed by atoms with Crippen molar-refractivity contribution in [3.63, 3.8) is 0 Å². The lowest BCUT2D eigenvalue weighted by Gasteiger charge is -2.27. The van der Waals surface area contributed by atoms with Crippen LogP contribution in [0.4, 0.5) is 0 Å². The third kappa shape index (κ3) is 2.42. The minimum atomic E-state index is -0.0533. The Balaban J connectivity index is 2.46. The van der Waals surface area contributed by atoms with Crippen LogP contribution >= 0.6 is 0 Å². The van der Waals surface area contributed by atoms with Gasteiger partial charge in [0.15, 0.2) is 0 Å². The molecule has 19 heavy (non-hydrogen) atoms. The Bertz CT molecular complexity index is 455. The van der Waals surface area contributed by atoms with E-state index in [-0.39, 0.29) is 18.1 Å². The first kappa shape index (κ1) is 14.2. The summed E-state index contributed by atoms with van der Waals surface area (Å²) in [5, 5.41) is 13.0. The molecule has 2 rings (SSSR count). The van der Waals surface area contributed by atoms with Crippen LogP contribution in [0.5, 0.6) is 11.5 Å². The van der Waals surface area contributed by atoms with E-state index in [2.05, 4.69) is 5.32 Å². The molecule has 2 N–H and O–H groups in total. The summed E-state index contributed by atoms with van der Waals surface area (Å²) in [5.74, 6) is 1.70. The summed E-state index contributed by atoms with van der Waals surface area (Å²) in [6.45, 7) is 2.19. The number of hydrogen-bond acceptors (Lipinski definition) is 4. The van der Waals surface area contributed by atoms with Gasteiger partial charge in [0.2, 0.25) is 0 Å². The summed E-state index contributed by atoms with van der Waals surface area (Å²) >= 11 is 0. The highest BCUT2D eigenvalue weighted by Gasteiger charge is 2.49. The fourth-order valence-electron chi connectivity index (χ4n) is 2.79. The molecule has 0 spiro atoms. The van der Waals surface area contributed by atoms with Crippen LogP contribution in [-0.4, -0.2) is 33.0 Å². The minimum Gasteiger partial charge on any atom is -0.496 e. The Morgan fingerprint density at radius 3 is 2.32 bits per heavy atom. The standard InChI is InChI=1S/C15H23NO3/c1-10-7-13(19-4)11(8-12(10)18-3)14(16-2)15(9-17)5-6-15/h7-8,14,16-17H,5-6,9H2,1-4H3. The van der Waals surface area contributed by atoms with Gasteiger partial charge in [0.05, 0.1) is 20.8 Å². The van der Waals surface area contributed by atoms with E-state index < -0.39 is 0 Å². The van der Waals surface area contributed by atoms with Gasteiger partial charge in [-0.15, -0.1) is 0 Å². The molecular weight excluding hydrogens is 242 g/mol. The molecule has 1 aliphatic rings. The number of hydrogen-bond donors (Lipinski definition) is 2. The molecule has 1 atom stereocenters. The lowest BCUT2D eigenvalue weighted by Crippen LogP contribution is -2.29. The Kier molecular flexibility index (Phi) is 4.02. The van der Waals surface area contributed by atoms with Crippen LogP contribution in [-0.2, 0) is 0 Å². The number of ether oxygens (including phenoxy) is 2. The first-order valence-corrected chi connectivity index (χ1v) is 6.62. The van der Waals surface area contributed by atoms with Crippen molar-refractivity contribution in [3.05, 3.63) is 23.3 Å². The number of aliphatic hydroxyl groups excluding tert-OH is 1. The molecule has 1 aliphatic carbocycles. The molecule has 1 aromatic carbocycles. The van der Waals surface area contributed by atoms with E-state index >= 15 is 0 Å². The van der Waals surface area contributed by atoms with E-state index in [0.29, 0.717) is 0 Å². The van der Waals surface area contributed by atoms with Crippen LogP contribution in [0.3, 0.4) is 0 Å². The van der Waals surface area contributed by atoms with Crippen molar-refractivity contribution in [2.45, 2.75) is 25.8 Å². The highest BCUT2D eigenvalue weighted by Crippen LogP contribution is 2.56. The Morgan fingerprint density at radius 1 is 1.26 bits per heavy atom. The zero-order valence-electron chi connectivity index (χ0n) is 12.1. The van der Waals surface area contributed by atoms with Crippen molar-refractivity contribution in [1.29, 1.82) is 0 Å². The van der Waals surface area contributed by atoms with Gasteiger partial charge in [0.1, 0.15) is 11.5 Å². The van der Waals surface area contributed by atoms with E-state index in [1.165, 1.54) is 0 Å². The van der Waals surface area contributed by atoms with E-state index in [4.69, 9.17) is 9.47 Å². The lowest BCUT2D eigenvalue weighted by molar-refractivity contribution is 0.173. The predicted molar refractivity (Wildman–Crippen MR) is 74.8 cm³/mol. The minimum absolute atomic E-state index is 0.0533. The van der Waals surface area contributed by atoms with Crippen LogP contribution in [0.1, 0.15) is 30.0 Å². The number of rotatable bonds is 6. The first-order chi connectivity index (χ1) is 9.11. The van der Waals surface area contributed by atoms with E-state index in [1.807, 2.05) is 26.1 Å². The van der Waals surface area contributed by atoms with Gasteiger partial charge >= 0.3 is 0 Å². The maximum absolute atomic E-state index is 9.65. The summed E-state index contributed by atoms with van der Waals surface area (Å²) in [6, 6.07) is 4.10. The summed E-state index contributed by atoms with van der Waals surface area (Å²) < 4.78 is 10.9. The molecule has 1 fully saturated rings. The SMILES string of the molecule is CNC(c1cc(OC)c(C)cc1OC)C1(CO)CC1. The monoisotopic (exact) mass is 265 g/mol. The molecule has 1 saturated carbocycles. The summed E-state index contributed by atoms with van der Waals surface area (Å²) in [4.78, 5) is 0. The Labute approximate surface area is 114 Å². The molecule has 0 aromatic heterocycles. The van der Waals surface area contributed by atoms with Crippen LogP contribution in [0, 0.1) is 12.3 Å². The fourth-order valence-corrected chi connectivity index (χ4v) is 2.79. The Hall–Kier alpha value is -1.26. The van der Waals surface area contributed by atoms with E-state index in [9.17, 15) is 5.11 Å². The second-order valence-electron chi connectivity index (χ2n) is 5.31. The average Bonchev–Trinajstić information content (AvgIpc) is 3.21. The van der Waals surface area contributed by atoms with Crippen molar-refractivity contribution in [2.24, 2.45) is 5.41 Å². The predicted octanol–water partition coefficient (Wildman–Crippen LogP) is 2.05. The van der Waals surface area contributed by atoms with Gasteiger partial charge < -0.3 is 19.9 Å². The zero-order chi connectivity index (χ0) is 14.0. The van der Waals surface area contributed by atoms with Crippen molar-refractivity contribution in [1.82, 2.24) is 5.32 Å². The van der Waals surface area contributed by atoms with Crippen LogP contribution in [0.25, 0.3) is 0 Å². The zero-order valence-corrected chi connectivity index (χ0v) is 12.1. The number of aryl methyl sites for hydroxylation is 1. The highest BCUT2D eigenvalue weighted by atomic mass is 16.5. The third-order valence-corrected chi connectivity index (χ3v) is 4.17. The fraction of sp³-hybridized carbons (Fsp3) is 0.600. The number of aliphatic hydroxyl groups is 1. The van der Waals surface area contributed by atoms with E-state index in [1.54, 1.807) is 14.2 Å². The molecule has 0 amide bonds. The third-order valence-electron chi connectivity index (χ3n) is 4.17. The van der Waals surface area contributed by atoms with Gasteiger partial charge in [0, 0.05) is 17.0 Å². The highest BCUT2D eigenvalue weighted by molar-refractivity contribution is 5.48. The van der Waals surface area contributed by atoms with Crippen LogP contribution in [0.2, 0.25) is 0 Å². The summed E-state index contributed by atoms with van der Waals surface area (Å²) in [7, 11) is 5.27. The van der Waals surface area contributed by atoms with Crippen molar-refractivity contribution < 1.29 is 14.6 Å². The smallest absolute Gasteiger partial charge is 0.124 e. The molecule has 1 unspecified atom stereocenters. The summed E-state index contributed by atoms with van der Waals surface area (Å²) in [6.07, 6.45) is 2.07. The average molecular weight is 265 g/mol. The molecule has 0 heterocycles. The molecular formula is C15H23NO3. The molecule has 1 aromatic rings. The molecule has 0 radical (unpaired) electrons. The maximum Gasteiger partial charge on any atom is 0.124 e. The topological polar surface area (TPSA) is 50.7 Å². The van der Waals surface area contributed by atoms with Crippen molar-refractivity contribution in [3.8, 4) is 11.5 Å². The molecule has 0 bridgehead atoms. The summed E-state index contributed by atoms with van der Waals surface area (Å²) in [5.41, 5.74) is 2.05. The number of benzene rings is 1. The molecule has 106 valence electrons. The second-order valence-corrected chi connectivity index (χ2v) is 5.31. The van der Waals surface area contributed by atoms with Crippen LogP contribution in [0.15, 0.2) is 12.1 Å². The van der Waals surface area contributed by atoms with E-state index in [0.717, 1.165) is 35.5 Å². The molecule has 0 aliphatic heterocycles. The van der Waals surface area contributed by atoms with Crippen molar-refractivity contribution in [2.75, 3.05) is 27.9 Å². The molecule has 4 nitrogen and oxygen atoms in total. The van der Waals surface area contributed by atoms with Crippen molar-refractivity contribution >= 4 is 0 Å². The lowest BCUT2D eigenvalue weighted by atomic mass is 9.89. The van der Waals surface area contributed by atoms with Gasteiger partial charge in [-0.25, -0.2) is 0 Å². The quantitative estimate of drug-likeness (QED) is 0.826. The van der Waals surface area contributed by atoms with Gasteiger partial charge in [-0.05, 0) is 44.5 Å². The maximum atomic E-state index is 9.65. The Morgan fingerprint density at radius 2 is 1.89 bits per heavy atom. The molecule has 4 heteroatoms. The van der Waals surface area contributed by atoms with Gasteiger partial charge in [0.25, 0.3) is 0 Å². The normalized spacial score (nSPS) is 17.9.